The molecule has 0 spiro atoms. The lowest BCUT2D eigenvalue weighted by molar-refractivity contribution is -0.132. The summed E-state index contributed by atoms with van der Waals surface area (Å²) in [6.07, 6.45) is 0. The summed E-state index contributed by atoms with van der Waals surface area (Å²) >= 11 is 6.12. The standard InChI is InChI=1S/C29H24ClN3O4/c1-17-9-11-20(12-10-17)26(34)23-25(19-13-15-21(30)16-14-19)32(29(37)27(23)35)24-18(2)31(3)33(28(24)36)22-7-5-4-6-8-22/h4-16,25,34H,1-3H3/t25-/m0/s1. The van der Waals surface area contributed by atoms with Gasteiger partial charge in [0.2, 0.25) is 0 Å². The van der Waals surface area contributed by atoms with Crippen molar-refractivity contribution in [3.05, 3.63) is 122 Å². The molecule has 8 heteroatoms. The fraction of sp³-hybridized carbons (Fsp3) is 0.138. The predicted octanol–water partition coefficient (Wildman–Crippen LogP) is 5.07. The van der Waals surface area contributed by atoms with Gasteiger partial charge in [0.05, 0.1) is 23.0 Å². The molecule has 2 heterocycles. The molecule has 7 nitrogen and oxygen atoms in total. The maximum Gasteiger partial charge on any atom is 0.300 e. The van der Waals surface area contributed by atoms with Gasteiger partial charge in [-0.15, -0.1) is 0 Å². The number of Topliss-reactive ketones (excluding diaryl/α,β-unsaturated/α-hetero) is 1. The van der Waals surface area contributed by atoms with Gasteiger partial charge in [0.15, 0.2) is 0 Å². The van der Waals surface area contributed by atoms with Crippen molar-refractivity contribution in [2.75, 3.05) is 4.90 Å². The molecule has 1 amide bonds. The quantitative estimate of drug-likeness (QED) is 0.234. The van der Waals surface area contributed by atoms with E-state index in [0.717, 1.165) is 5.56 Å². The van der Waals surface area contributed by atoms with E-state index in [2.05, 4.69) is 0 Å². The molecule has 5 rings (SSSR count). The second-order valence-electron chi connectivity index (χ2n) is 9.00. The number of nitrogens with zero attached hydrogens (tertiary/aromatic N) is 3. The Morgan fingerprint density at radius 3 is 2.11 bits per heavy atom. The molecule has 0 saturated carbocycles. The van der Waals surface area contributed by atoms with Crippen LogP contribution in [0.1, 0.15) is 28.4 Å². The second-order valence-corrected chi connectivity index (χ2v) is 9.43. The molecule has 1 aliphatic heterocycles. The maximum absolute atomic E-state index is 13.8. The maximum atomic E-state index is 13.8. The number of aliphatic hydroxyl groups excluding tert-OH is 1. The molecular formula is C29H24ClN3O4. The fourth-order valence-electron chi connectivity index (χ4n) is 4.72. The minimum atomic E-state index is -1.03. The van der Waals surface area contributed by atoms with Gasteiger partial charge in [-0.3, -0.25) is 24.0 Å². The number of benzene rings is 3. The zero-order valence-electron chi connectivity index (χ0n) is 20.5. The van der Waals surface area contributed by atoms with Gasteiger partial charge in [0.25, 0.3) is 17.2 Å². The zero-order valence-corrected chi connectivity index (χ0v) is 21.2. The lowest BCUT2D eigenvalue weighted by Gasteiger charge is -2.24. The summed E-state index contributed by atoms with van der Waals surface area (Å²) < 4.78 is 3.09. The number of carbonyl (C=O) groups excluding carboxylic acids is 2. The topological polar surface area (TPSA) is 84.5 Å². The number of amides is 1. The van der Waals surface area contributed by atoms with Crippen LogP contribution < -0.4 is 10.5 Å². The summed E-state index contributed by atoms with van der Waals surface area (Å²) in [5.74, 6) is -2.07. The molecule has 1 N–H and O–H groups in total. The molecule has 0 unspecified atom stereocenters. The fourth-order valence-corrected chi connectivity index (χ4v) is 4.85. The largest absolute Gasteiger partial charge is 0.507 e. The number of hydrogen-bond donors (Lipinski definition) is 1. The number of para-hydroxylation sites is 1. The van der Waals surface area contributed by atoms with Crippen LogP contribution >= 0.6 is 11.6 Å². The van der Waals surface area contributed by atoms with Crippen molar-refractivity contribution >= 4 is 34.7 Å². The smallest absolute Gasteiger partial charge is 0.300 e. The number of anilines is 1. The van der Waals surface area contributed by atoms with Crippen LogP contribution in [0.4, 0.5) is 5.69 Å². The number of rotatable bonds is 4. The summed E-state index contributed by atoms with van der Waals surface area (Å²) in [7, 11) is 1.72. The van der Waals surface area contributed by atoms with Crippen LogP contribution in [-0.2, 0) is 16.6 Å². The Hall–Kier alpha value is -4.36. The first-order chi connectivity index (χ1) is 17.7. The van der Waals surface area contributed by atoms with E-state index in [-0.39, 0.29) is 17.0 Å². The normalized spacial score (nSPS) is 17.0. The van der Waals surface area contributed by atoms with Crippen molar-refractivity contribution in [1.29, 1.82) is 0 Å². The molecule has 0 bridgehead atoms. The third-order valence-electron chi connectivity index (χ3n) is 6.72. The highest BCUT2D eigenvalue weighted by Gasteiger charge is 2.49. The average Bonchev–Trinajstić information content (AvgIpc) is 3.28. The highest BCUT2D eigenvalue weighted by atomic mass is 35.5. The molecule has 186 valence electrons. The van der Waals surface area contributed by atoms with Crippen LogP contribution in [0.25, 0.3) is 11.4 Å². The van der Waals surface area contributed by atoms with Gasteiger partial charge in [-0.05, 0) is 43.7 Å². The van der Waals surface area contributed by atoms with Crippen LogP contribution in [0.15, 0.2) is 89.2 Å². The molecule has 1 atom stereocenters. The van der Waals surface area contributed by atoms with Crippen LogP contribution in [0.2, 0.25) is 5.02 Å². The number of aryl methyl sites for hydroxylation is 1. The summed E-state index contributed by atoms with van der Waals surface area (Å²) in [6, 6.07) is 21.6. The van der Waals surface area contributed by atoms with Gasteiger partial charge in [0.1, 0.15) is 11.4 Å². The second kappa shape index (κ2) is 9.26. The van der Waals surface area contributed by atoms with Crippen molar-refractivity contribution in [3.63, 3.8) is 0 Å². The molecular weight excluding hydrogens is 490 g/mol. The van der Waals surface area contributed by atoms with Crippen LogP contribution in [0.3, 0.4) is 0 Å². The van der Waals surface area contributed by atoms with Gasteiger partial charge < -0.3 is 5.11 Å². The van der Waals surface area contributed by atoms with Gasteiger partial charge >= 0.3 is 0 Å². The molecule has 37 heavy (non-hydrogen) atoms. The summed E-state index contributed by atoms with van der Waals surface area (Å²) in [5, 5.41) is 11.8. The van der Waals surface area contributed by atoms with Crippen LogP contribution in [0, 0.1) is 13.8 Å². The summed E-state index contributed by atoms with van der Waals surface area (Å²) in [4.78, 5) is 42.0. The first kappa shape index (κ1) is 24.3. The third-order valence-corrected chi connectivity index (χ3v) is 6.97. The first-order valence-electron chi connectivity index (χ1n) is 11.7. The van der Waals surface area contributed by atoms with Crippen molar-refractivity contribution in [3.8, 4) is 5.69 Å². The van der Waals surface area contributed by atoms with E-state index in [4.69, 9.17) is 11.6 Å². The van der Waals surface area contributed by atoms with Crippen molar-refractivity contribution in [2.24, 2.45) is 7.05 Å². The number of ketones is 1. The Morgan fingerprint density at radius 2 is 1.49 bits per heavy atom. The lowest BCUT2D eigenvalue weighted by Crippen LogP contribution is -2.34. The molecule has 1 aliphatic rings. The average molecular weight is 514 g/mol. The van der Waals surface area contributed by atoms with Crippen LogP contribution in [-0.4, -0.2) is 26.2 Å². The molecule has 1 aromatic heterocycles. The van der Waals surface area contributed by atoms with E-state index in [1.807, 2.05) is 37.3 Å². The van der Waals surface area contributed by atoms with Gasteiger partial charge in [-0.25, -0.2) is 4.68 Å². The van der Waals surface area contributed by atoms with Crippen LogP contribution in [0.5, 0.6) is 0 Å². The molecule has 0 aliphatic carbocycles. The monoisotopic (exact) mass is 513 g/mol. The number of aromatic nitrogens is 2. The van der Waals surface area contributed by atoms with E-state index < -0.39 is 23.3 Å². The van der Waals surface area contributed by atoms with E-state index in [1.54, 1.807) is 67.2 Å². The zero-order chi connectivity index (χ0) is 26.4. The third kappa shape index (κ3) is 3.97. The van der Waals surface area contributed by atoms with E-state index >= 15 is 0 Å². The molecule has 1 fully saturated rings. The minimum absolute atomic E-state index is 0.0661. The number of carbonyl (C=O) groups is 2. The summed E-state index contributed by atoms with van der Waals surface area (Å²) in [6.45, 7) is 3.63. The minimum Gasteiger partial charge on any atom is -0.507 e. The number of halogens is 1. The summed E-state index contributed by atoms with van der Waals surface area (Å²) in [5.41, 5.74) is 2.53. The lowest BCUT2D eigenvalue weighted by atomic mass is 9.95. The predicted molar refractivity (Wildman–Crippen MR) is 143 cm³/mol. The number of aliphatic hydroxyl groups is 1. The molecule has 1 saturated heterocycles. The Balaban J connectivity index is 1.78. The Bertz CT molecular complexity index is 1610. The highest BCUT2D eigenvalue weighted by Crippen LogP contribution is 2.42. The van der Waals surface area contributed by atoms with E-state index in [9.17, 15) is 19.5 Å². The van der Waals surface area contributed by atoms with Gasteiger partial charge in [0, 0.05) is 17.6 Å². The van der Waals surface area contributed by atoms with E-state index in [1.165, 1.54) is 9.58 Å². The Kier molecular flexibility index (Phi) is 6.09. The Morgan fingerprint density at radius 1 is 0.865 bits per heavy atom. The molecule has 0 radical (unpaired) electrons. The molecule has 3 aromatic carbocycles. The molecule has 4 aromatic rings. The van der Waals surface area contributed by atoms with E-state index in [0.29, 0.717) is 27.5 Å². The number of hydrogen-bond acceptors (Lipinski definition) is 4. The SMILES string of the molecule is Cc1ccc(C(O)=C2C(=O)C(=O)N(c3c(C)n(C)n(-c4ccccc4)c3=O)[C@H]2c2ccc(Cl)cc2)cc1. The van der Waals surface area contributed by atoms with Crippen molar-refractivity contribution in [1.82, 2.24) is 9.36 Å². The van der Waals surface area contributed by atoms with Gasteiger partial charge in [-0.2, -0.15) is 0 Å². The van der Waals surface area contributed by atoms with Crippen molar-refractivity contribution < 1.29 is 14.7 Å². The van der Waals surface area contributed by atoms with Crippen molar-refractivity contribution in [2.45, 2.75) is 19.9 Å². The first-order valence-corrected chi connectivity index (χ1v) is 12.1. The Labute approximate surface area is 218 Å². The van der Waals surface area contributed by atoms with Gasteiger partial charge in [-0.1, -0.05) is 71.8 Å². The highest BCUT2D eigenvalue weighted by molar-refractivity contribution is 6.51.